The molecule has 1 heterocycles. The molecular weight excluding hydrogens is 605 g/mol. The number of benzene rings is 9. The van der Waals surface area contributed by atoms with Crippen LogP contribution >= 0.6 is 0 Å². The third kappa shape index (κ3) is 4.55. The summed E-state index contributed by atoms with van der Waals surface area (Å²) in [6, 6.07) is 68.2. The van der Waals surface area contributed by atoms with Gasteiger partial charge in [0.15, 0.2) is 0 Å². The van der Waals surface area contributed by atoms with Crippen LogP contribution in [0.4, 0.5) is 0 Å². The predicted octanol–water partition coefficient (Wildman–Crippen LogP) is 13.6. The SMILES string of the molecule is c1ccc(-c2cccc3c2oc2c4ccccc4c(-c4ccc(C(c5ccccc5)c5cc6ccccc6c6ccccc56)cc4)cc32)cc1. The molecule has 0 amide bonds. The fourth-order valence-corrected chi connectivity index (χ4v) is 8.08. The van der Waals surface area contributed by atoms with Crippen molar-refractivity contribution in [2.24, 2.45) is 0 Å². The van der Waals surface area contributed by atoms with Crippen molar-refractivity contribution < 1.29 is 4.42 Å². The summed E-state index contributed by atoms with van der Waals surface area (Å²) < 4.78 is 6.76. The Morgan fingerprint density at radius 3 is 1.66 bits per heavy atom. The molecule has 234 valence electrons. The number of hydrogen-bond donors (Lipinski definition) is 0. The largest absolute Gasteiger partial charge is 0.455 e. The summed E-state index contributed by atoms with van der Waals surface area (Å²) in [6.07, 6.45) is 0. The van der Waals surface area contributed by atoms with Crippen molar-refractivity contribution >= 4 is 54.3 Å². The molecule has 1 nitrogen and oxygen atoms in total. The molecule has 1 heteroatoms. The van der Waals surface area contributed by atoms with E-state index in [1.807, 2.05) is 0 Å². The Morgan fingerprint density at radius 2 is 0.880 bits per heavy atom. The lowest BCUT2D eigenvalue weighted by molar-refractivity contribution is 0.674. The van der Waals surface area contributed by atoms with Crippen molar-refractivity contribution in [3.8, 4) is 22.3 Å². The van der Waals surface area contributed by atoms with Crippen LogP contribution in [0, 0.1) is 0 Å². The van der Waals surface area contributed by atoms with Crippen LogP contribution in [0.3, 0.4) is 0 Å². The van der Waals surface area contributed by atoms with Gasteiger partial charge in [-0.1, -0.05) is 176 Å². The second kappa shape index (κ2) is 11.6. The third-order valence-electron chi connectivity index (χ3n) is 10.4. The summed E-state index contributed by atoms with van der Waals surface area (Å²) in [4.78, 5) is 0. The van der Waals surface area contributed by atoms with E-state index in [1.54, 1.807) is 0 Å². The molecule has 0 radical (unpaired) electrons. The van der Waals surface area contributed by atoms with E-state index in [2.05, 4.69) is 188 Å². The zero-order valence-corrected chi connectivity index (χ0v) is 27.4. The third-order valence-corrected chi connectivity index (χ3v) is 10.4. The second-order valence-electron chi connectivity index (χ2n) is 13.2. The minimum Gasteiger partial charge on any atom is -0.455 e. The van der Waals surface area contributed by atoms with E-state index in [9.17, 15) is 0 Å². The van der Waals surface area contributed by atoms with Gasteiger partial charge in [0, 0.05) is 27.6 Å². The normalized spacial score (nSPS) is 12.3. The summed E-state index contributed by atoms with van der Waals surface area (Å²) in [7, 11) is 0. The molecule has 0 bridgehead atoms. The second-order valence-corrected chi connectivity index (χ2v) is 13.2. The molecule has 1 unspecified atom stereocenters. The standard InChI is InChI=1S/C49H32O/c1-3-14-32(15-4-1)38-24-13-25-43-46-31-44(41-22-11-12-23-42(41)49(46)50-48(38)43)33-26-28-35(29-27-33)47(34-16-5-2-6-17-34)45-30-36-18-7-8-19-37(36)39-20-9-10-21-40(39)45/h1-31,47H. The van der Waals surface area contributed by atoms with E-state index < -0.39 is 0 Å². The number of rotatable bonds is 5. The molecule has 0 aliphatic heterocycles. The summed E-state index contributed by atoms with van der Waals surface area (Å²) >= 11 is 0. The van der Waals surface area contributed by atoms with Crippen molar-refractivity contribution in [3.63, 3.8) is 0 Å². The van der Waals surface area contributed by atoms with Crippen molar-refractivity contribution in [2.45, 2.75) is 5.92 Å². The Morgan fingerprint density at radius 1 is 0.320 bits per heavy atom. The lowest BCUT2D eigenvalue weighted by Gasteiger charge is -2.22. The number of para-hydroxylation sites is 1. The van der Waals surface area contributed by atoms with Crippen molar-refractivity contribution in [1.82, 2.24) is 0 Å². The smallest absolute Gasteiger partial charge is 0.143 e. The van der Waals surface area contributed by atoms with Gasteiger partial charge in [-0.25, -0.2) is 0 Å². The van der Waals surface area contributed by atoms with Crippen LogP contribution in [0.25, 0.3) is 76.5 Å². The Kier molecular flexibility index (Phi) is 6.63. The molecule has 9 aromatic carbocycles. The number of hydrogen-bond acceptors (Lipinski definition) is 1. The topological polar surface area (TPSA) is 13.1 Å². The van der Waals surface area contributed by atoms with E-state index >= 15 is 0 Å². The maximum atomic E-state index is 6.76. The van der Waals surface area contributed by atoms with Gasteiger partial charge < -0.3 is 4.42 Å². The molecule has 0 aliphatic carbocycles. The van der Waals surface area contributed by atoms with Gasteiger partial charge >= 0.3 is 0 Å². The zero-order valence-electron chi connectivity index (χ0n) is 27.4. The highest BCUT2D eigenvalue weighted by Crippen LogP contribution is 2.44. The van der Waals surface area contributed by atoms with Crippen LogP contribution in [-0.4, -0.2) is 0 Å². The summed E-state index contributed by atoms with van der Waals surface area (Å²) in [6.45, 7) is 0. The lowest BCUT2D eigenvalue weighted by Crippen LogP contribution is -2.04. The van der Waals surface area contributed by atoms with Gasteiger partial charge in [0.25, 0.3) is 0 Å². The Labute approximate surface area is 290 Å². The van der Waals surface area contributed by atoms with Gasteiger partial charge in [0.2, 0.25) is 0 Å². The Bertz CT molecular complexity index is 2840. The fourth-order valence-electron chi connectivity index (χ4n) is 8.08. The van der Waals surface area contributed by atoms with Gasteiger partial charge in [0.1, 0.15) is 11.2 Å². The van der Waals surface area contributed by atoms with Crippen molar-refractivity contribution in [3.05, 3.63) is 205 Å². The molecule has 10 rings (SSSR count). The van der Waals surface area contributed by atoms with Gasteiger partial charge in [-0.3, -0.25) is 0 Å². The molecule has 0 saturated heterocycles. The molecule has 50 heavy (non-hydrogen) atoms. The average Bonchev–Trinajstić information content (AvgIpc) is 3.58. The highest BCUT2D eigenvalue weighted by atomic mass is 16.3. The van der Waals surface area contributed by atoms with Gasteiger partial charge in [-0.2, -0.15) is 0 Å². The summed E-state index contributed by atoms with van der Waals surface area (Å²) in [5.74, 6) is 0.0770. The maximum Gasteiger partial charge on any atom is 0.143 e. The van der Waals surface area contributed by atoms with Crippen LogP contribution in [0.5, 0.6) is 0 Å². The number of furan rings is 1. The van der Waals surface area contributed by atoms with Crippen molar-refractivity contribution in [1.29, 1.82) is 0 Å². The molecule has 0 spiro atoms. The quantitative estimate of drug-likeness (QED) is 0.135. The van der Waals surface area contributed by atoms with Crippen LogP contribution in [-0.2, 0) is 0 Å². The van der Waals surface area contributed by atoms with E-state index in [4.69, 9.17) is 4.42 Å². The zero-order chi connectivity index (χ0) is 33.0. The molecule has 0 N–H and O–H groups in total. The van der Waals surface area contributed by atoms with E-state index in [0.717, 1.165) is 38.5 Å². The first-order chi connectivity index (χ1) is 24.8. The minimum absolute atomic E-state index is 0.0770. The van der Waals surface area contributed by atoms with Gasteiger partial charge in [-0.15, -0.1) is 0 Å². The Balaban J connectivity index is 1.16. The van der Waals surface area contributed by atoms with E-state index in [1.165, 1.54) is 54.7 Å². The van der Waals surface area contributed by atoms with E-state index in [-0.39, 0.29) is 5.92 Å². The Hall–Kier alpha value is -6.44. The first-order valence-corrected chi connectivity index (χ1v) is 17.3. The first kappa shape index (κ1) is 28.6. The van der Waals surface area contributed by atoms with Crippen molar-refractivity contribution in [2.75, 3.05) is 0 Å². The minimum atomic E-state index is 0.0770. The lowest BCUT2D eigenvalue weighted by atomic mass is 9.81. The predicted molar refractivity (Wildman–Crippen MR) is 211 cm³/mol. The van der Waals surface area contributed by atoms with Crippen LogP contribution < -0.4 is 0 Å². The van der Waals surface area contributed by atoms with Crippen LogP contribution in [0.15, 0.2) is 192 Å². The summed E-state index contributed by atoms with van der Waals surface area (Å²) in [5.41, 5.74) is 10.4. The van der Waals surface area contributed by atoms with Gasteiger partial charge in [-0.05, 0) is 72.4 Å². The fraction of sp³-hybridized carbons (Fsp3) is 0.0204. The van der Waals surface area contributed by atoms with Gasteiger partial charge in [0.05, 0.1) is 0 Å². The molecule has 0 fully saturated rings. The highest BCUT2D eigenvalue weighted by molar-refractivity contribution is 6.20. The molecule has 0 aliphatic rings. The van der Waals surface area contributed by atoms with E-state index in [0.29, 0.717) is 0 Å². The molecule has 10 aromatic rings. The highest BCUT2D eigenvalue weighted by Gasteiger charge is 2.22. The maximum absolute atomic E-state index is 6.76. The molecule has 1 aromatic heterocycles. The molecule has 1 atom stereocenters. The molecule has 0 saturated carbocycles. The molecular formula is C49H32O. The summed E-state index contributed by atoms with van der Waals surface area (Å²) in [5, 5.41) is 9.73. The monoisotopic (exact) mass is 636 g/mol. The van der Waals surface area contributed by atoms with Crippen LogP contribution in [0.1, 0.15) is 22.6 Å². The number of fused-ring (bicyclic) bond motifs is 8. The van der Waals surface area contributed by atoms with Crippen LogP contribution in [0.2, 0.25) is 0 Å². The average molecular weight is 637 g/mol. The first-order valence-electron chi connectivity index (χ1n) is 17.3.